The first-order valence-electron chi connectivity index (χ1n) is 4.41. The zero-order chi connectivity index (χ0) is 13.0. The summed E-state index contributed by atoms with van der Waals surface area (Å²) in [5.41, 5.74) is -1.52. The second-order valence-corrected chi connectivity index (χ2v) is 3.21. The number of nitrogens with zero attached hydrogens (tertiary/aromatic N) is 2. The lowest BCUT2D eigenvalue weighted by Crippen LogP contribution is -2.12. The van der Waals surface area contributed by atoms with Crippen molar-refractivity contribution in [2.24, 2.45) is 0 Å². The molecule has 0 aliphatic carbocycles. The van der Waals surface area contributed by atoms with Crippen LogP contribution in [0.15, 0.2) is 6.20 Å². The number of pyridine rings is 1. The molecule has 1 heterocycles. The zero-order valence-electron chi connectivity index (χ0n) is 8.71. The normalized spacial score (nSPS) is 10.1. The van der Waals surface area contributed by atoms with Crippen molar-refractivity contribution in [3.63, 3.8) is 0 Å². The van der Waals surface area contributed by atoms with E-state index in [4.69, 9.17) is 16.9 Å². The van der Waals surface area contributed by atoms with Gasteiger partial charge in [-0.15, -0.1) is 11.6 Å². The van der Waals surface area contributed by atoms with Gasteiger partial charge in [0.15, 0.2) is 0 Å². The Hall–Kier alpha value is -1.74. The van der Waals surface area contributed by atoms with E-state index in [1.807, 2.05) is 0 Å². The Morgan fingerprint density at radius 2 is 2.35 bits per heavy atom. The van der Waals surface area contributed by atoms with Gasteiger partial charge in [0.25, 0.3) is 6.43 Å². The van der Waals surface area contributed by atoms with Crippen molar-refractivity contribution in [2.45, 2.75) is 12.3 Å². The summed E-state index contributed by atoms with van der Waals surface area (Å²) in [6, 6.07) is 1.62. The number of rotatable bonds is 3. The van der Waals surface area contributed by atoms with E-state index >= 15 is 0 Å². The highest BCUT2D eigenvalue weighted by Crippen LogP contribution is 2.29. The maximum absolute atomic E-state index is 12.9. The van der Waals surface area contributed by atoms with Crippen molar-refractivity contribution >= 4 is 17.6 Å². The first kappa shape index (κ1) is 13.3. The van der Waals surface area contributed by atoms with Crippen molar-refractivity contribution in [1.82, 2.24) is 4.98 Å². The monoisotopic (exact) mass is 260 g/mol. The average Bonchev–Trinajstić information content (AvgIpc) is 2.35. The Kier molecular flexibility index (Phi) is 4.35. The third-order valence-electron chi connectivity index (χ3n) is 2.05. The molecule has 1 rings (SSSR count). The number of ether oxygens (including phenoxy) is 1. The first-order valence-corrected chi connectivity index (χ1v) is 4.94. The minimum absolute atomic E-state index is 0.138. The number of esters is 1. The Morgan fingerprint density at radius 3 is 2.76 bits per heavy atom. The number of aromatic nitrogens is 1. The lowest BCUT2D eigenvalue weighted by Gasteiger charge is -2.11. The molecule has 7 heteroatoms. The molecular formula is C10H7ClF2N2O2. The molecule has 90 valence electrons. The lowest BCUT2D eigenvalue weighted by atomic mass is 10.0. The third-order valence-corrected chi connectivity index (χ3v) is 2.31. The van der Waals surface area contributed by atoms with Crippen LogP contribution in [0.5, 0.6) is 0 Å². The molecule has 0 bridgehead atoms. The molecule has 17 heavy (non-hydrogen) atoms. The van der Waals surface area contributed by atoms with Crippen LogP contribution in [0.2, 0.25) is 0 Å². The summed E-state index contributed by atoms with van der Waals surface area (Å²) in [6.45, 7) is 0. The summed E-state index contributed by atoms with van der Waals surface area (Å²) in [6.07, 6.45) is -1.94. The molecular weight excluding hydrogens is 254 g/mol. The number of hydrogen-bond donors (Lipinski definition) is 0. The minimum Gasteiger partial charge on any atom is -0.465 e. The van der Waals surface area contributed by atoms with Crippen LogP contribution in [-0.4, -0.2) is 18.1 Å². The highest BCUT2D eigenvalue weighted by Gasteiger charge is 2.26. The molecule has 0 unspecified atom stereocenters. The second kappa shape index (κ2) is 5.55. The summed E-state index contributed by atoms with van der Waals surface area (Å²) in [5, 5.41) is 8.76. The van der Waals surface area contributed by atoms with E-state index in [9.17, 15) is 13.6 Å². The quantitative estimate of drug-likeness (QED) is 0.618. The maximum Gasteiger partial charge on any atom is 0.339 e. The van der Waals surface area contributed by atoms with Crippen LogP contribution < -0.4 is 0 Å². The largest absolute Gasteiger partial charge is 0.465 e. The van der Waals surface area contributed by atoms with Gasteiger partial charge in [0, 0.05) is 6.20 Å². The Bertz CT molecular complexity index is 486. The number of methoxy groups -OCH3 is 1. The van der Waals surface area contributed by atoms with Crippen LogP contribution in [0, 0.1) is 11.3 Å². The maximum atomic E-state index is 12.9. The van der Waals surface area contributed by atoms with Gasteiger partial charge < -0.3 is 4.74 Å². The molecule has 0 spiro atoms. The van der Waals surface area contributed by atoms with Gasteiger partial charge in [-0.25, -0.2) is 13.6 Å². The fraction of sp³-hybridized carbons (Fsp3) is 0.300. The fourth-order valence-electron chi connectivity index (χ4n) is 1.31. The molecule has 0 aliphatic rings. The molecule has 0 aliphatic heterocycles. The summed E-state index contributed by atoms with van der Waals surface area (Å²) in [5.74, 6) is -1.29. The number of alkyl halides is 3. The van der Waals surface area contributed by atoms with Crippen molar-refractivity contribution in [3.05, 3.63) is 28.6 Å². The second-order valence-electron chi connectivity index (χ2n) is 2.94. The van der Waals surface area contributed by atoms with Gasteiger partial charge in [-0.05, 0) is 0 Å². The first-order chi connectivity index (χ1) is 8.06. The predicted octanol–water partition coefficient (Wildman–Crippen LogP) is 2.42. The van der Waals surface area contributed by atoms with E-state index < -0.39 is 23.5 Å². The van der Waals surface area contributed by atoms with Crippen LogP contribution in [-0.2, 0) is 10.6 Å². The number of halogens is 3. The average molecular weight is 261 g/mol. The Balaban J connectivity index is 3.59. The van der Waals surface area contributed by atoms with Crippen LogP contribution >= 0.6 is 11.6 Å². The van der Waals surface area contributed by atoms with Gasteiger partial charge in [0.2, 0.25) is 0 Å². The van der Waals surface area contributed by atoms with Gasteiger partial charge in [-0.3, -0.25) is 4.98 Å². The molecule has 4 nitrogen and oxygen atoms in total. The van der Waals surface area contributed by atoms with Crippen LogP contribution in [0.25, 0.3) is 0 Å². The highest BCUT2D eigenvalue weighted by atomic mass is 35.5. The predicted molar refractivity (Wildman–Crippen MR) is 54.8 cm³/mol. The van der Waals surface area contributed by atoms with Gasteiger partial charge >= 0.3 is 5.97 Å². The highest BCUT2D eigenvalue weighted by molar-refractivity contribution is 6.17. The summed E-state index contributed by atoms with van der Waals surface area (Å²) < 4.78 is 30.1. The molecule has 1 aromatic rings. The fourth-order valence-corrected chi connectivity index (χ4v) is 1.53. The lowest BCUT2D eigenvalue weighted by molar-refractivity contribution is 0.0588. The summed E-state index contributed by atoms with van der Waals surface area (Å²) in [4.78, 5) is 15.0. The third kappa shape index (κ3) is 2.50. The van der Waals surface area contributed by atoms with Gasteiger partial charge in [-0.2, -0.15) is 5.26 Å². The molecule has 0 atom stereocenters. The van der Waals surface area contributed by atoms with Crippen molar-refractivity contribution in [2.75, 3.05) is 7.11 Å². The number of carbonyl (C=O) groups is 1. The molecule has 0 N–H and O–H groups in total. The number of hydrogen-bond acceptors (Lipinski definition) is 4. The van der Waals surface area contributed by atoms with E-state index in [0.29, 0.717) is 0 Å². The smallest absolute Gasteiger partial charge is 0.339 e. The standard InChI is InChI=1S/C10H7ClF2N2O2/c1-17-10(16)7-5(3-14)4-15-6(2-11)8(7)9(12)13/h4,9H,2H2,1H3. The summed E-state index contributed by atoms with van der Waals surface area (Å²) >= 11 is 5.46. The van der Waals surface area contributed by atoms with E-state index in [1.165, 1.54) is 0 Å². The molecule has 0 saturated carbocycles. The molecule has 0 fully saturated rings. The van der Waals surface area contributed by atoms with E-state index in [-0.39, 0.29) is 17.1 Å². The molecule has 0 radical (unpaired) electrons. The minimum atomic E-state index is -2.96. The Labute approximate surface area is 101 Å². The number of nitriles is 1. The topological polar surface area (TPSA) is 63.0 Å². The Morgan fingerprint density at radius 1 is 1.71 bits per heavy atom. The van der Waals surface area contributed by atoms with Crippen molar-refractivity contribution in [1.29, 1.82) is 5.26 Å². The molecule has 0 saturated heterocycles. The van der Waals surface area contributed by atoms with E-state index in [1.54, 1.807) is 6.07 Å². The van der Waals surface area contributed by atoms with Crippen LogP contribution in [0.3, 0.4) is 0 Å². The van der Waals surface area contributed by atoms with E-state index in [2.05, 4.69) is 9.72 Å². The summed E-state index contributed by atoms with van der Waals surface area (Å²) in [7, 11) is 1.04. The number of carbonyl (C=O) groups excluding carboxylic acids is 1. The van der Waals surface area contributed by atoms with Crippen LogP contribution in [0.4, 0.5) is 8.78 Å². The van der Waals surface area contributed by atoms with E-state index in [0.717, 1.165) is 13.3 Å². The SMILES string of the molecule is COC(=O)c1c(C#N)cnc(CCl)c1C(F)F. The van der Waals surface area contributed by atoms with Gasteiger partial charge in [-0.1, -0.05) is 0 Å². The van der Waals surface area contributed by atoms with Gasteiger partial charge in [0.1, 0.15) is 6.07 Å². The molecule has 1 aromatic heterocycles. The van der Waals surface area contributed by atoms with Crippen LogP contribution in [0.1, 0.15) is 33.6 Å². The zero-order valence-corrected chi connectivity index (χ0v) is 9.46. The van der Waals surface area contributed by atoms with Gasteiger partial charge in [0.05, 0.1) is 35.4 Å². The van der Waals surface area contributed by atoms with Crippen molar-refractivity contribution in [3.8, 4) is 6.07 Å². The molecule has 0 aromatic carbocycles. The molecule has 0 amide bonds. The van der Waals surface area contributed by atoms with Crippen molar-refractivity contribution < 1.29 is 18.3 Å².